The van der Waals surface area contributed by atoms with Gasteiger partial charge in [0.1, 0.15) is 5.75 Å². The van der Waals surface area contributed by atoms with Crippen molar-refractivity contribution in [3.63, 3.8) is 0 Å². The van der Waals surface area contributed by atoms with Gasteiger partial charge in [-0.15, -0.1) is 5.92 Å². The van der Waals surface area contributed by atoms with Crippen LogP contribution in [0.2, 0.25) is 0 Å². The molecule has 2 N–H and O–H groups in total. The highest BCUT2D eigenvalue weighted by atomic mass is 16.3. The summed E-state index contributed by atoms with van der Waals surface area (Å²) < 4.78 is 0. The maximum atomic E-state index is 10.9. The van der Waals surface area contributed by atoms with E-state index in [4.69, 9.17) is 0 Å². The number of hydrogen-bond acceptors (Lipinski definition) is 2. The van der Waals surface area contributed by atoms with E-state index in [1.54, 1.807) is 13.0 Å². The Kier molecular flexibility index (Phi) is 4.27. The van der Waals surface area contributed by atoms with Crippen LogP contribution in [0.1, 0.15) is 25.0 Å². The highest BCUT2D eigenvalue weighted by molar-refractivity contribution is 5.93. The second-order valence-electron chi connectivity index (χ2n) is 4.58. The van der Waals surface area contributed by atoms with Gasteiger partial charge in [-0.25, -0.2) is 0 Å². The number of rotatable bonds is 3. The van der Waals surface area contributed by atoms with E-state index < -0.39 is 0 Å². The van der Waals surface area contributed by atoms with Crippen LogP contribution in [-0.4, -0.2) is 17.6 Å². The lowest BCUT2D eigenvalue weighted by Crippen LogP contribution is -2.22. The average molecular weight is 267 g/mol. The summed E-state index contributed by atoms with van der Waals surface area (Å²) in [5, 5.41) is 14.8. The van der Waals surface area contributed by atoms with Gasteiger partial charge in [0.15, 0.2) is 0 Å². The zero-order chi connectivity index (χ0) is 14.5. The van der Waals surface area contributed by atoms with Crippen LogP contribution in [0.15, 0.2) is 30.3 Å². The summed E-state index contributed by atoms with van der Waals surface area (Å²) >= 11 is 0. The lowest BCUT2D eigenvalue weighted by atomic mass is 9.97. The summed E-state index contributed by atoms with van der Waals surface area (Å²) in [4.78, 5) is 10.9. The standard InChI is InChI=1S/C17H17NO2/c1-3-5-15-16(20)9-8-13-6-4-7-14(17(13)15)10-11-18-12(2)19/h4,6-9,20H,10-11H2,1-2H3,(H,18,19). The Morgan fingerprint density at radius 3 is 2.80 bits per heavy atom. The minimum atomic E-state index is -0.0401. The van der Waals surface area contributed by atoms with Gasteiger partial charge < -0.3 is 10.4 Å². The third-order valence-electron chi connectivity index (χ3n) is 3.13. The Balaban J connectivity index is 2.50. The van der Waals surface area contributed by atoms with Crippen LogP contribution in [0.25, 0.3) is 10.8 Å². The molecule has 0 aliphatic rings. The number of carbonyl (C=O) groups is 1. The molecule has 0 atom stereocenters. The van der Waals surface area contributed by atoms with Gasteiger partial charge in [0.25, 0.3) is 0 Å². The molecule has 0 fully saturated rings. The van der Waals surface area contributed by atoms with Crippen molar-refractivity contribution in [2.75, 3.05) is 6.54 Å². The van der Waals surface area contributed by atoms with Gasteiger partial charge >= 0.3 is 0 Å². The van der Waals surface area contributed by atoms with Crippen LogP contribution >= 0.6 is 0 Å². The van der Waals surface area contributed by atoms with Gasteiger partial charge in [-0.05, 0) is 30.4 Å². The number of hydrogen-bond donors (Lipinski definition) is 2. The van der Waals surface area contributed by atoms with Crippen molar-refractivity contribution in [2.45, 2.75) is 20.3 Å². The molecule has 0 aromatic heterocycles. The predicted molar refractivity (Wildman–Crippen MR) is 80.6 cm³/mol. The summed E-state index contributed by atoms with van der Waals surface area (Å²) in [6.45, 7) is 3.82. The molecule has 2 rings (SSSR count). The first kappa shape index (κ1) is 14.0. The smallest absolute Gasteiger partial charge is 0.216 e. The number of benzene rings is 2. The Morgan fingerprint density at radius 1 is 1.30 bits per heavy atom. The molecule has 0 aliphatic heterocycles. The molecule has 2 aromatic carbocycles. The number of nitrogens with one attached hydrogen (secondary N) is 1. The van der Waals surface area contributed by atoms with E-state index in [2.05, 4.69) is 17.2 Å². The number of aromatic hydroxyl groups is 1. The van der Waals surface area contributed by atoms with Crippen LogP contribution in [0.5, 0.6) is 5.75 Å². The zero-order valence-corrected chi connectivity index (χ0v) is 11.7. The molecule has 0 unspecified atom stereocenters. The fraction of sp³-hybridized carbons (Fsp3) is 0.235. The number of amides is 1. The van der Waals surface area contributed by atoms with Crippen molar-refractivity contribution in [3.8, 4) is 17.6 Å². The summed E-state index contributed by atoms with van der Waals surface area (Å²) in [7, 11) is 0. The first-order valence-corrected chi connectivity index (χ1v) is 6.54. The highest BCUT2D eigenvalue weighted by Crippen LogP contribution is 2.29. The largest absolute Gasteiger partial charge is 0.507 e. The number of phenolic OH excluding ortho intramolecular Hbond substituents is 1. The van der Waals surface area contributed by atoms with E-state index in [1.165, 1.54) is 6.92 Å². The van der Waals surface area contributed by atoms with Gasteiger partial charge in [-0.2, -0.15) is 0 Å². The predicted octanol–water partition coefficient (Wildman–Crippen LogP) is 2.60. The highest BCUT2D eigenvalue weighted by Gasteiger charge is 2.09. The second-order valence-corrected chi connectivity index (χ2v) is 4.58. The topological polar surface area (TPSA) is 49.3 Å². The molecule has 20 heavy (non-hydrogen) atoms. The van der Waals surface area contributed by atoms with Crippen LogP contribution in [0, 0.1) is 11.8 Å². The first-order valence-electron chi connectivity index (χ1n) is 6.54. The van der Waals surface area contributed by atoms with Crippen molar-refractivity contribution in [1.29, 1.82) is 0 Å². The van der Waals surface area contributed by atoms with Crippen molar-refractivity contribution >= 4 is 16.7 Å². The van der Waals surface area contributed by atoms with E-state index in [9.17, 15) is 9.90 Å². The molecule has 0 aliphatic carbocycles. The van der Waals surface area contributed by atoms with Crippen LogP contribution < -0.4 is 5.32 Å². The quantitative estimate of drug-likeness (QED) is 0.840. The van der Waals surface area contributed by atoms with E-state index >= 15 is 0 Å². The minimum absolute atomic E-state index is 0.0401. The maximum Gasteiger partial charge on any atom is 0.216 e. The maximum absolute atomic E-state index is 10.9. The van der Waals surface area contributed by atoms with E-state index in [0.717, 1.165) is 16.3 Å². The second kappa shape index (κ2) is 6.12. The molecule has 3 heteroatoms. The zero-order valence-electron chi connectivity index (χ0n) is 11.7. The summed E-state index contributed by atoms with van der Waals surface area (Å²) in [6, 6.07) is 9.53. The fourth-order valence-corrected chi connectivity index (χ4v) is 2.28. The Hall–Kier alpha value is -2.47. The molecule has 0 radical (unpaired) electrons. The normalized spacial score (nSPS) is 9.90. The van der Waals surface area contributed by atoms with E-state index in [0.29, 0.717) is 18.5 Å². The molecular weight excluding hydrogens is 250 g/mol. The van der Waals surface area contributed by atoms with Gasteiger partial charge in [-0.3, -0.25) is 4.79 Å². The Morgan fingerprint density at radius 2 is 2.10 bits per heavy atom. The fourth-order valence-electron chi connectivity index (χ4n) is 2.28. The monoisotopic (exact) mass is 267 g/mol. The van der Waals surface area contributed by atoms with Crippen LogP contribution in [0.4, 0.5) is 0 Å². The Labute approximate surface area is 118 Å². The van der Waals surface area contributed by atoms with Gasteiger partial charge in [-0.1, -0.05) is 30.2 Å². The number of phenols is 1. The molecular formula is C17H17NO2. The van der Waals surface area contributed by atoms with Gasteiger partial charge in [0.2, 0.25) is 5.91 Å². The Bertz CT molecular complexity index is 708. The molecule has 0 heterocycles. The van der Waals surface area contributed by atoms with Crippen LogP contribution in [-0.2, 0) is 11.2 Å². The lowest BCUT2D eigenvalue weighted by molar-refractivity contribution is -0.118. The molecule has 3 nitrogen and oxygen atoms in total. The first-order chi connectivity index (χ1) is 9.63. The number of carbonyl (C=O) groups excluding carboxylic acids is 1. The molecule has 0 spiro atoms. The summed E-state index contributed by atoms with van der Waals surface area (Å²) in [5.74, 6) is 5.96. The average Bonchev–Trinajstić information content (AvgIpc) is 2.42. The van der Waals surface area contributed by atoms with E-state index in [1.807, 2.05) is 24.3 Å². The SMILES string of the molecule is CC#Cc1c(O)ccc2cccc(CCNC(C)=O)c12. The summed E-state index contributed by atoms with van der Waals surface area (Å²) in [6.07, 6.45) is 0.707. The van der Waals surface area contributed by atoms with Crippen LogP contribution in [0.3, 0.4) is 0 Å². The minimum Gasteiger partial charge on any atom is -0.507 e. The van der Waals surface area contributed by atoms with Gasteiger partial charge in [0, 0.05) is 18.9 Å². The van der Waals surface area contributed by atoms with Crippen molar-refractivity contribution in [3.05, 3.63) is 41.5 Å². The molecule has 0 bridgehead atoms. The van der Waals surface area contributed by atoms with E-state index in [-0.39, 0.29) is 11.7 Å². The third-order valence-corrected chi connectivity index (χ3v) is 3.13. The molecule has 2 aromatic rings. The molecule has 102 valence electrons. The summed E-state index contributed by atoms with van der Waals surface area (Å²) in [5.41, 5.74) is 1.73. The third kappa shape index (κ3) is 2.92. The van der Waals surface area contributed by atoms with Crippen molar-refractivity contribution in [2.24, 2.45) is 0 Å². The molecule has 0 saturated carbocycles. The molecule has 1 amide bonds. The molecule has 0 saturated heterocycles. The number of fused-ring (bicyclic) bond motifs is 1. The van der Waals surface area contributed by atoms with Crippen molar-refractivity contribution < 1.29 is 9.90 Å². The lowest BCUT2D eigenvalue weighted by Gasteiger charge is -2.10. The van der Waals surface area contributed by atoms with Crippen molar-refractivity contribution in [1.82, 2.24) is 5.32 Å². The van der Waals surface area contributed by atoms with Gasteiger partial charge in [0.05, 0.1) is 5.56 Å².